The van der Waals surface area contributed by atoms with E-state index in [-0.39, 0.29) is 0 Å². The van der Waals surface area contributed by atoms with Gasteiger partial charge in [-0.2, -0.15) is 0 Å². The van der Waals surface area contributed by atoms with Crippen molar-refractivity contribution in [2.75, 3.05) is 39.4 Å². The van der Waals surface area contributed by atoms with Crippen LogP contribution in [0.2, 0.25) is 0 Å². The maximum absolute atomic E-state index is 10.8. The molecule has 0 spiro atoms. The predicted molar refractivity (Wildman–Crippen MR) is 99.3 cm³/mol. The average Bonchev–Trinajstić information content (AvgIpc) is 2.60. The Morgan fingerprint density at radius 1 is 1.24 bits per heavy atom. The standard InChI is InChI=1S/C20H32N2O3/c1-4-24-18-7-6-16(19(15(18)3)25-5-2)13-22-11-9-20(23)8-10-21-12-17(20)14-22/h6-7,17,21,23H,4-5,8-14H2,1-3H3/t17-,20-/m0/s1. The smallest absolute Gasteiger partial charge is 0.130 e. The molecule has 0 amide bonds. The number of aliphatic hydroxyl groups is 1. The fraction of sp³-hybridized carbons (Fsp3) is 0.700. The molecule has 0 saturated carbocycles. The second-order valence-electron chi connectivity index (χ2n) is 7.28. The summed E-state index contributed by atoms with van der Waals surface area (Å²) >= 11 is 0. The first kappa shape index (κ1) is 18.5. The normalized spacial score (nSPS) is 27.0. The van der Waals surface area contributed by atoms with Crippen molar-refractivity contribution in [1.82, 2.24) is 10.2 Å². The quantitative estimate of drug-likeness (QED) is 0.826. The van der Waals surface area contributed by atoms with Crippen molar-refractivity contribution in [3.63, 3.8) is 0 Å². The number of benzene rings is 1. The molecule has 0 unspecified atom stereocenters. The van der Waals surface area contributed by atoms with Gasteiger partial charge in [0.1, 0.15) is 11.5 Å². The van der Waals surface area contributed by atoms with Gasteiger partial charge in [-0.1, -0.05) is 6.07 Å². The Kier molecular flexibility index (Phi) is 5.87. The van der Waals surface area contributed by atoms with Crippen LogP contribution in [0, 0.1) is 12.8 Å². The lowest BCUT2D eigenvalue weighted by molar-refractivity contribution is -0.0900. The van der Waals surface area contributed by atoms with Crippen molar-refractivity contribution in [2.45, 2.75) is 45.8 Å². The topological polar surface area (TPSA) is 54.0 Å². The Morgan fingerprint density at radius 2 is 2.04 bits per heavy atom. The lowest BCUT2D eigenvalue weighted by Crippen LogP contribution is -2.58. The zero-order valence-electron chi connectivity index (χ0n) is 15.8. The van der Waals surface area contributed by atoms with Gasteiger partial charge in [0, 0.05) is 43.2 Å². The first-order valence-corrected chi connectivity index (χ1v) is 9.61. The molecule has 2 heterocycles. The number of rotatable bonds is 6. The fourth-order valence-electron chi connectivity index (χ4n) is 4.19. The summed E-state index contributed by atoms with van der Waals surface area (Å²) in [4.78, 5) is 2.45. The van der Waals surface area contributed by atoms with E-state index < -0.39 is 5.60 Å². The summed E-state index contributed by atoms with van der Waals surface area (Å²) in [6.45, 7) is 12.0. The van der Waals surface area contributed by atoms with E-state index in [1.54, 1.807) is 0 Å². The molecule has 2 atom stereocenters. The van der Waals surface area contributed by atoms with Crippen molar-refractivity contribution in [1.29, 1.82) is 0 Å². The van der Waals surface area contributed by atoms with E-state index in [0.717, 1.165) is 62.6 Å². The summed E-state index contributed by atoms with van der Waals surface area (Å²) in [6.07, 6.45) is 1.73. The molecule has 5 nitrogen and oxygen atoms in total. The van der Waals surface area contributed by atoms with Crippen LogP contribution in [0.1, 0.15) is 37.8 Å². The van der Waals surface area contributed by atoms with Crippen LogP contribution in [-0.4, -0.2) is 55.0 Å². The van der Waals surface area contributed by atoms with E-state index in [9.17, 15) is 5.11 Å². The zero-order valence-corrected chi connectivity index (χ0v) is 15.8. The summed E-state index contributed by atoms with van der Waals surface area (Å²) in [5.74, 6) is 2.17. The Morgan fingerprint density at radius 3 is 2.80 bits per heavy atom. The molecule has 3 rings (SSSR count). The molecule has 140 valence electrons. The Bertz CT molecular complexity index is 593. The summed E-state index contributed by atoms with van der Waals surface area (Å²) in [5.41, 5.74) is 1.81. The molecule has 1 aromatic rings. The third kappa shape index (κ3) is 3.94. The van der Waals surface area contributed by atoms with Crippen LogP contribution in [0.15, 0.2) is 12.1 Å². The minimum atomic E-state index is -0.473. The van der Waals surface area contributed by atoms with Gasteiger partial charge in [0.2, 0.25) is 0 Å². The third-order valence-electron chi connectivity index (χ3n) is 5.65. The lowest BCUT2D eigenvalue weighted by atomic mass is 9.76. The molecule has 2 aliphatic heterocycles. The van der Waals surface area contributed by atoms with Gasteiger partial charge in [0.25, 0.3) is 0 Å². The molecule has 0 radical (unpaired) electrons. The molecule has 0 bridgehead atoms. The van der Waals surface area contributed by atoms with Crippen LogP contribution in [0.3, 0.4) is 0 Å². The van der Waals surface area contributed by atoms with E-state index >= 15 is 0 Å². The Balaban J connectivity index is 1.75. The molecule has 25 heavy (non-hydrogen) atoms. The number of nitrogens with zero attached hydrogens (tertiary/aromatic N) is 1. The van der Waals surface area contributed by atoms with Crippen molar-refractivity contribution < 1.29 is 14.6 Å². The molecule has 2 fully saturated rings. The average molecular weight is 348 g/mol. The van der Waals surface area contributed by atoms with Gasteiger partial charge < -0.3 is 19.9 Å². The highest BCUT2D eigenvalue weighted by molar-refractivity contribution is 5.49. The summed E-state index contributed by atoms with van der Waals surface area (Å²) in [7, 11) is 0. The fourth-order valence-corrected chi connectivity index (χ4v) is 4.19. The van der Waals surface area contributed by atoms with Gasteiger partial charge >= 0.3 is 0 Å². The number of piperidine rings is 2. The molecule has 5 heteroatoms. The van der Waals surface area contributed by atoms with E-state index in [0.29, 0.717) is 19.1 Å². The minimum Gasteiger partial charge on any atom is -0.493 e. The highest BCUT2D eigenvalue weighted by Gasteiger charge is 2.42. The highest BCUT2D eigenvalue weighted by atomic mass is 16.5. The SMILES string of the molecule is CCOc1ccc(CN2CC[C@@]3(O)CCNC[C@H]3C2)c(OCC)c1C. The van der Waals surface area contributed by atoms with E-state index in [1.165, 1.54) is 5.56 Å². The van der Waals surface area contributed by atoms with Crippen LogP contribution in [0.4, 0.5) is 0 Å². The summed E-state index contributed by atoms with van der Waals surface area (Å²) in [6, 6.07) is 4.18. The Hall–Kier alpha value is -1.30. The van der Waals surface area contributed by atoms with Gasteiger partial charge in [0.05, 0.1) is 18.8 Å². The molecular formula is C20H32N2O3. The van der Waals surface area contributed by atoms with Gasteiger partial charge in [-0.05, 0) is 46.2 Å². The lowest BCUT2D eigenvalue weighted by Gasteiger charge is -2.47. The third-order valence-corrected chi connectivity index (χ3v) is 5.65. The maximum Gasteiger partial charge on any atom is 0.130 e. The van der Waals surface area contributed by atoms with E-state index in [1.807, 2.05) is 13.8 Å². The second-order valence-corrected chi connectivity index (χ2v) is 7.28. The molecular weight excluding hydrogens is 316 g/mol. The van der Waals surface area contributed by atoms with Gasteiger partial charge in [-0.25, -0.2) is 0 Å². The number of hydrogen-bond acceptors (Lipinski definition) is 5. The number of likely N-dealkylation sites (tertiary alicyclic amines) is 1. The van der Waals surface area contributed by atoms with Crippen LogP contribution < -0.4 is 14.8 Å². The molecule has 2 saturated heterocycles. The van der Waals surface area contributed by atoms with Crippen molar-refractivity contribution in [2.24, 2.45) is 5.92 Å². The van der Waals surface area contributed by atoms with Crippen LogP contribution in [0.5, 0.6) is 11.5 Å². The van der Waals surface area contributed by atoms with Crippen molar-refractivity contribution in [3.05, 3.63) is 23.3 Å². The number of ether oxygens (including phenoxy) is 2. The molecule has 0 aromatic heterocycles. The Labute approximate surface area is 151 Å². The molecule has 1 aromatic carbocycles. The number of hydrogen-bond donors (Lipinski definition) is 2. The van der Waals surface area contributed by atoms with Crippen LogP contribution in [0.25, 0.3) is 0 Å². The first-order chi connectivity index (χ1) is 12.1. The van der Waals surface area contributed by atoms with E-state index in [4.69, 9.17) is 9.47 Å². The van der Waals surface area contributed by atoms with Gasteiger partial charge in [-0.3, -0.25) is 4.90 Å². The van der Waals surface area contributed by atoms with Crippen molar-refractivity contribution in [3.8, 4) is 11.5 Å². The largest absolute Gasteiger partial charge is 0.493 e. The monoisotopic (exact) mass is 348 g/mol. The number of nitrogens with one attached hydrogen (secondary N) is 1. The predicted octanol–water partition coefficient (Wildman–Crippen LogP) is 2.34. The second kappa shape index (κ2) is 7.94. The van der Waals surface area contributed by atoms with Gasteiger partial charge in [-0.15, -0.1) is 0 Å². The maximum atomic E-state index is 10.8. The summed E-state index contributed by atoms with van der Waals surface area (Å²) < 4.78 is 11.7. The molecule has 2 aliphatic rings. The summed E-state index contributed by atoms with van der Waals surface area (Å²) in [5, 5.41) is 14.3. The van der Waals surface area contributed by atoms with E-state index in [2.05, 4.69) is 29.3 Å². The van der Waals surface area contributed by atoms with Crippen molar-refractivity contribution >= 4 is 0 Å². The van der Waals surface area contributed by atoms with Crippen LogP contribution >= 0.6 is 0 Å². The van der Waals surface area contributed by atoms with Gasteiger partial charge in [0.15, 0.2) is 0 Å². The minimum absolute atomic E-state index is 0.314. The number of fused-ring (bicyclic) bond motifs is 1. The zero-order chi connectivity index (χ0) is 17.9. The van der Waals surface area contributed by atoms with Crippen LogP contribution in [-0.2, 0) is 6.54 Å². The first-order valence-electron chi connectivity index (χ1n) is 9.61. The molecule has 2 N–H and O–H groups in total. The molecule has 0 aliphatic carbocycles. The highest BCUT2D eigenvalue weighted by Crippen LogP contribution is 2.36.